The maximum absolute atomic E-state index is 11.6. The predicted octanol–water partition coefficient (Wildman–Crippen LogP) is 1.19. The Hall–Kier alpha value is -1.81. The van der Waals surface area contributed by atoms with Gasteiger partial charge < -0.3 is 5.32 Å². The van der Waals surface area contributed by atoms with Gasteiger partial charge in [0.05, 0.1) is 11.3 Å². The first-order valence-electron chi connectivity index (χ1n) is 5.23. The maximum Gasteiger partial charge on any atom is 0.268 e. The number of benzene rings is 1. The molecule has 84 valence electrons. The first-order valence-corrected chi connectivity index (χ1v) is 5.23. The van der Waals surface area contributed by atoms with E-state index in [0.29, 0.717) is 6.54 Å². The fourth-order valence-electron chi connectivity index (χ4n) is 1.66. The smallest absolute Gasteiger partial charge is 0.268 e. The Kier molecular flexibility index (Phi) is 2.92. The molecule has 1 heterocycles. The lowest BCUT2D eigenvalue weighted by Gasteiger charge is -2.02. The van der Waals surface area contributed by atoms with E-state index >= 15 is 0 Å². The van der Waals surface area contributed by atoms with Gasteiger partial charge in [0.15, 0.2) is 0 Å². The molecule has 2 N–H and O–H groups in total. The van der Waals surface area contributed by atoms with Crippen LogP contribution in [0, 0.1) is 6.92 Å². The number of aryl methyl sites for hydroxylation is 1. The predicted molar refractivity (Wildman–Crippen MR) is 63.9 cm³/mol. The van der Waals surface area contributed by atoms with Gasteiger partial charge >= 0.3 is 0 Å². The standard InChI is InChI=1S/C12H15N3O/c1-9-4-3-5-11(6-9)15-8-10(7-13-2)12(16)14-15/h3-6,8,13H,7H2,1-2H3,(H,14,16). The summed E-state index contributed by atoms with van der Waals surface area (Å²) in [5.74, 6) is 0. The minimum Gasteiger partial charge on any atom is -0.315 e. The summed E-state index contributed by atoms with van der Waals surface area (Å²) >= 11 is 0. The molecule has 1 aromatic heterocycles. The summed E-state index contributed by atoms with van der Waals surface area (Å²) < 4.78 is 1.75. The van der Waals surface area contributed by atoms with E-state index in [1.165, 1.54) is 5.56 Å². The van der Waals surface area contributed by atoms with Crippen molar-refractivity contribution in [1.29, 1.82) is 0 Å². The second-order valence-electron chi connectivity index (χ2n) is 3.83. The van der Waals surface area contributed by atoms with Crippen LogP contribution in [-0.4, -0.2) is 16.8 Å². The van der Waals surface area contributed by atoms with E-state index in [1.54, 1.807) is 4.68 Å². The largest absolute Gasteiger partial charge is 0.315 e. The van der Waals surface area contributed by atoms with Gasteiger partial charge in [-0.3, -0.25) is 14.6 Å². The summed E-state index contributed by atoms with van der Waals surface area (Å²) in [5.41, 5.74) is 2.83. The fourth-order valence-corrected chi connectivity index (χ4v) is 1.66. The molecular formula is C12H15N3O. The van der Waals surface area contributed by atoms with Crippen molar-refractivity contribution in [2.24, 2.45) is 0 Å². The van der Waals surface area contributed by atoms with Crippen LogP contribution in [0.3, 0.4) is 0 Å². The van der Waals surface area contributed by atoms with Crippen molar-refractivity contribution in [2.45, 2.75) is 13.5 Å². The molecule has 1 aromatic carbocycles. The van der Waals surface area contributed by atoms with Gasteiger partial charge in [0.2, 0.25) is 0 Å². The number of aromatic nitrogens is 2. The molecule has 4 nitrogen and oxygen atoms in total. The molecule has 0 aliphatic heterocycles. The van der Waals surface area contributed by atoms with Gasteiger partial charge in [0.25, 0.3) is 5.56 Å². The number of H-pyrrole nitrogens is 1. The van der Waals surface area contributed by atoms with Crippen molar-refractivity contribution < 1.29 is 0 Å². The van der Waals surface area contributed by atoms with Crippen LogP contribution in [0.1, 0.15) is 11.1 Å². The molecule has 4 heteroatoms. The highest BCUT2D eigenvalue weighted by Gasteiger charge is 2.04. The Bertz CT molecular complexity index is 539. The molecule has 0 atom stereocenters. The molecule has 0 bridgehead atoms. The normalized spacial score (nSPS) is 10.6. The lowest BCUT2D eigenvalue weighted by atomic mass is 10.2. The van der Waals surface area contributed by atoms with E-state index in [4.69, 9.17) is 0 Å². The molecule has 0 spiro atoms. The third-order valence-electron chi connectivity index (χ3n) is 2.45. The molecule has 0 fully saturated rings. The van der Waals surface area contributed by atoms with Crippen LogP contribution in [-0.2, 0) is 6.54 Å². The van der Waals surface area contributed by atoms with Crippen molar-refractivity contribution in [1.82, 2.24) is 15.1 Å². The Morgan fingerprint density at radius 3 is 2.94 bits per heavy atom. The molecule has 16 heavy (non-hydrogen) atoms. The number of nitrogens with one attached hydrogen (secondary N) is 2. The van der Waals surface area contributed by atoms with E-state index in [1.807, 2.05) is 44.4 Å². The zero-order valence-corrected chi connectivity index (χ0v) is 9.45. The number of hydrogen-bond donors (Lipinski definition) is 2. The highest BCUT2D eigenvalue weighted by Crippen LogP contribution is 2.08. The molecule has 0 aliphatic rings. The van der Waals surface area contributed by atoms with Crippen LogP contribution >= 0.6 is 0 Å². The Morgan fingerprint density at radius 2 is 2.25 bits per heavy atom. The van der Waals surface area contributed by atoms with Gasteiger partial charge in [0.1, 0.15) is 0 Å². The Morgan fingerprint density at radius 1 is 1.44 bits per heavy atom. The van der Waals surface area contributed by atoms with Crippen LogP contribution in [0.2, 0.25) is 0 Å². The quantitative estimate of drug-likeness (QED) is 0.811. The van der Waals surface area contributed by atoms with Crippen molar-refractivity contribution >= 4 is 0 Å². The van der Waals surface area contributed by atoms with Crippen molar-refractivity contribution in [3.05, 3.63) is 51.9 Å². The zero-order chi connectivity index (χ0) is 11.5. The number of rotatable bonds is 3. The summed E-state index contributed by atoms with van der Waals surface area (Å²) in [5, 5.41) is 5.76. The monoisotopic (exact) mass is 217 g/mol. The van der Waals surface area contributed by atoms with E-state index in [2.05, 4.69) is 10.4 Å². The van der Waals surface area contributed by atoms with Gasteiger partial charge in [-0.25, -0.2) is 0 Å². The van der Waals surface area contributed by atoms with Gasteiger partial charge in [-0.15, -0.1) is 0 Å². The van der Waals surface area contributed by atoms with Gasteiger partial charge in [-0.05, 0) is 31.7 Å². The lowest BCUT2D eigenvalue weighted by Crippen LogP contribution is -2.13. The molecule has 0 saturated carbocycles. The molecule has 0 radical (unpaired) electrons. The molecule has 0 unspecified atom stereocenters. The first-order chi connectivity index (χ1) is 7.70. The number of hydrogen-bond acceptors (Lipinski definition) is 2. The van der Waals surface area contributed by atoms with Crippen LogP contribution in [0.5, 0.6) is 0 Å². The third kappa shape index (κ3) is 2.06. The van der Waals surface area contributed by atoms with E-state index in [0.717, 1.165) is 11.3 Å². The van der Waals surface area contributed by atoms with E-state index in [9.17, 15) is 4.79 Å². The zero-order valence-electron chi connectivity index (χ0n) is 9.45. The highest BCUT2D eigenvalue weighted by molar-refractivity contribution is 5.35. The van der Waals surface area contributed by atoms with E-state index < -0.39 is 0 Å². The van der Waals surface area contributed by atoms with Gasteiger partial charge in [0, 0.05) is 12.7 Å². The van der Waals surface area contributed by atoms with Crippen LogP contribution < -0.4 is 10.9 Å². The highest BCUT2D eigenvalue weighted by atomic mass is 16.1. The minimum absolute atomic E-state index is 0.0455. The van der Waals surface area contributed by atoms with Crippen LogP contribution in [0.4, 0.5) is 0 Å². The molecule has 0 saturated heterocycles. The van der Waals surface area contributed by atoms with Gasteiger partial charge in [-0.1, -0.05) is 12.1 Å². The van der Waals surface area contributed by atoms with Crippen molar-refractivity contribution in [2.75, 3.05) is 7.05 Å². The molecule has 0 amide bonds. The average molecular weight is 217 g/mol. The Labute approximate surface area is 93.9 Å². The Balaban J connectivity index is 2.41. The van der Waals surface area contributed by atoms with Crippen LogP contribution in [0.15, 0.2) is 35.3 Å². The second kappa shape index (κ2) is 4.37. The number of aromatic amines is 1. The number of nitrogens with zero attached hydrogens (tertiary/aromatic N) is 1. The topological polar surface area (TPSA) is 49.8 Å². The first kappa shape index (κ1) is 10.7. The summed E-state index contributed by atoms with van der Waals surface area (Å²) in [6.07, 6.45) is 1.83. The minimum atomic E-state index is -0.0455. The average Bonchev–Trinajstić information content (AvgIpc) is 2.61. The van der Waals surface area contributed by atoms with Crippen LogP contribution in [0.25, 0.3) is 5.69 Å². The third-order valence-corrected chi connectivity index (χ3v) is 2.45. The maximum atomic E-state index is 11.6. The fraction of sp³-hybridized carbons (Fsp3) is 0.250. The van der Waals surface area contributed by atoms with E-state index in [-0.39, 0.29) is 5.56 Å². The summed E-state index contributed by atoms with van der Waals surface area (Å²) in [7, 11) is 1.82. The molecule has 2 aromatic rings. The van der Waals surface area contributed by atoms with Gasteiger partial charge in [-0.2, -0.15) is 0 Å². The molecule has 2 rings (SSSR count). The lowest BCUT2D eigenvalue weighted by molar-refractivity contribution is 0.812. The van der Waals surface area contributed by atoms with Crippen molar-refractivity contribution in [3.63, 3.8) is 0 Å². The molecule has 0 aliphatic carbocycles. The molecular weight excluding hydrogens is 202 g/mol. The summed E-state index contributed by atoms with van der Waals surface area (Å²) in [4.78, 5) is 11.6. The summed E-state index contributed by atoms with van der Waals surface area (Å²) in [6, 6.07) is 7.99. The SMILES string of the molecule is CNCc1cn(-c2cccc(C)c2)[nH]c1=O. The summed E-state index contributed by atoms with van der Waals surface area (Å²) in [6.45, 7) is 2.60. The van der Waals surface area contributed by atoms with Crippen molar-refractivity contribution in [3.8, 4) is 5.69 Å². The second-order valence-corrected chi connectivity index (χ2v) is 3.83.